The quantitative estimate of drug-likeness (QED) is 0.181. The number of aliphatic hydroxyl groups is 3. The molecule has 1 saturated heterocycles. The van der Waals surface area contributed by atoms with E-state index in [2.05, 4.69) is 9.44 Å². The molecule has 0 radical (unpaired) electrons. The lowest BCUT2D eigenvalue weighted by atomic mass is 10.0. The zero-order chi connectivity index (χ0) is 19.3. The van der Waals surface area contributed by atoms with E-state index >= 15 is 0 Å². The first-order chi connectivity index (χ1) is 12.2. The SMILES string of the molecule is O=S(=O)(O)O/N=C(/Cc1ccc(O)cc1)SC1CC(O)[C@H](O)C(CO)O1. The first kappa shape index (κ1) is 20.9. The van der Waals surface area contributed by atoms with Gasteiger partial charge in [0, 0.05) is 12.8 Å². The zero-order valence-corrected chi connectivity index (χ0v) is 15.0. The fourth-order valence-electron chi connectivity index (χ4n) is 2.27. The second-order valence-electron chi connectivity index (χ2n) is 5.53. The Labute approximate surface area is 154 Å². The monoisotopic (exact) mass is 409 g/mol. The molecule has 0 bridgehead atoms. The first-order valence-corrected chi connectivity index (χ1v) is 9.72. The van der Waals surface area contributed by atoms with Crippen molar-refractivity contribution < 1.29 is 42.4 Å². The standard InChI is InChI=1S/C14H19NO9S2/c16-7-11-14(19)10(18)6-13(23-11)25-12(15-24-26(20,21)22)5-8-1-3-9(17)4-2-8/h1-4,10-11,13-14,16-19H,5-7H2,(H,20,21,22)/b15-12-/t10?,11?,13?,14-/m0/s1. The number of hydrogen-bond acceptors (Lipinski definition) is 10. The Balaban J connectivity index is 2.14. The number of benzene rings is 1. The van der Waals surface area contributed by atoms with Crippen molar-refractivity contribution in [2.24, 2.45) is 5.16 Å². The largest absolute Gasteiger partial charge is 0.508 e. The Bertz CT molecular complexity index is 722. The molecule has 1 aromatic rings. The van der Waals surface area contributed by atoms with Crippen molar-refractivity contribution in [2.75, 3.05) is 6.61 Å². The summed E-state index contributed by atoms with van der Waals surface area (Å²) in [5.41, 5.74) is -0.0884. The maximum Gasteiger partial charge on any atom is 0.466 e. The summed E-state index contributed by atoms with van der Waals surface area (Å²) < 4.78 is 39.7. The van der Waals surface area contributed by atoms with Crippen molar-refractivity contribution in [1.82, 2.24) is 0 Å². The number of aromatic hydroxyl groups is 1. The van der Waals surface area contributed by atoms with Crippen LogP contribution in [-0.2, 0) is 25.8 Å². The van der Waals surface area contributed by atoms with Gasteiger partial charge < -0.3 is 25.2 Å². The lowest BCUT2D eigenvalue weighted by molar-refractivity contribution is -0.156. The van der Waals surface area contributed by atoms with Gasteiger partial charge in [-0.1, -0.05) is 29.1 Å². The molecule has 1 fully saturated rings. The second-order valence-corrected chi connectivity index (χ2v) is 7.77. The summed E-state index contributed by atoms with van der Waals surface area (Å²) in [4.78, 5) is 0. The molecule has 1 aliphatic rings. The van der Waals surface area contributed by atoms with Crippen molar-refractivity contribution in [2.45, 2.75) is 36.6 Å². The number of phenolic OH excluding ortho intramolecular Hbond substituents is 1. The van der Waals surface area contributed by atoms with Crippen LogP contribution in [0.25, 0.3) is 0 Å². The summed E-state index contributed by atoms with van der Waals surface area (Å²) in [6, 6.07) is 6.02. The molecule has 0 spiro atoms. The summed E-state index contributed by atoms with van der Waals surface area (Å²) in [5, 5.41) is 41.6. The van der Waals surface area contributed by atoms with Crippen LogP contribution in [0.5, 0.6) is 5.75 Å². The van der Waals surface area contributed by atoms with E-state index in [1.807, 2.05) is 0 Å². The molecule has 0 aliphatic carbocycles. The summed E-state index contributed by atoms with van der Waals surface area (Å²) in [7, 11) is -4.81. The van der Waals surface area contributed by atoms with Crippen LogP contribution >= 0.6 is 11.8 Å². The Morgan fingerprint density at radius 3 is 2.54 bits per heavy atom. The molecule has 1 aromatic carbocycles. The Hall–Kier alpha value is -1.41. The topological polar surface area (TPSA) is 166 Å². The van der Waals surface area contributed by atoms with Crippen LogP contribution in [0.4, 0.5) is 0 Å². The highest BCUT2D eigenvalue weighted by molar-refractivity contribution is 8.14. The van der Waals surface area contributed by atoms with Gasteiger partial charge in [-0.2, -0.15) is 8.42 Å². The Kier molecular flexibility index (Phi) is 7.23. The van der Waals surface area contributed by atoms with Gasteiger partial charge in [-0.05, 0) is 17.7 Å². The van der Waals surface area contributed by atoms with Crippen LogP contribution in [0.1, 0.15) is 12.0 Å². The molecule has 146 valence electrons. The van der Waals surface area contributed by atoms with Gasteiger partial charge in [-0.3, -0.25) is 4.55 Å². The van der Waals surface area contributed by atoms with Crippen LogP contribution < -0.4 is 0 Å². The third-order valence-electron chi connectivity index (χ3n) is 3.51. The molecule has 5 N–H and O–H groups in total. The molecule has 10 nitrogen and oxygen atoms in total. The molecule has 0 aromatic heterocycles. The Morgan fingerprint density at radius 1 is 1.31 bits per heavy atom. The van der Waals surface area contributed by atoms with E-state index in [-0.39, 0.29) is 23.6 Å². The molecule has 0 amide bonds. The lowest BCUT2D eigenvalue weighted by Gasteiger charge is -2.35. The molecule has 12 heteroatoms. The van der Waals surface area contributed by atoms with Crippen LogP contribution in [0.3, 0.4) is 0 Å². The van der Waals surface area contributed by atoms with E-state index < -0.39 is 40.8 Å². The first-order valence-electron chi connectivity index (χ1n) is 7.48. The number of oxime groups is 1. The fraction of sp³-hybridized carbons (Fsp3) is 0.500. The van der Waals surface area contributed by atoms with Gasteiger partial charge in [0.2, 0.25) is 0 Å². The van der Waals surface area contributed by atoms with Crippen LogP contribution in [0, 0.1) is 0 Å². The molecular formula is C14H19NO9S2. The predicted octanol–water partition coefficient (Wildman–Crippen LogP) is -0.370. The minimum atomic E-state index is -4.81. The van der Waals surface area contributed by atoms with Gasteiger partial charge >= 0.3 is 10.4 Å². The van der Waals surface area contributed by atoms with E-state index in [0.29, 0.717) is 5.56 Å². The van der Waals surface area contributed by atoms with Gasteiger partial charge in [0.15, 0.2) is 0 Å². The molecule has 2 rings (SSSR count). The third kappa shape index (κ3) is 6.39. The summed E-state index contributed by atoms with van der Waals surface area (Å²) in [5.74, 6) is 0.0487. The minimum absolute atomic E-state index is 0.00278. The minimum Gasteiger partial charge on any atom is -0.508 e. The maximum absolute atomic E-state index is 10.8. The van der Waals surface area contributed by atoms with Crippen LogP contribution in [0.2, 0.25) is 0 Å². The highest BCUT2D eigenvalue weighted by Crippen LogP contribution is 2.30. The second kappa shape index (κ2) is 8.99. The molecule has 26 heavy (non-hydrogen) atoms. The highest BCUT2D eigenvalue weighted by Gasteiger charge is 2.37. The van der Waals surface area contributed by atoms with Gasteiger partial charge in [0.25, 0.3) is 0 Å². The average molecular weight is 409 g/mol. The van der Waals surface area contributed by atoms with E-state index in [9.17, 15) is 28.8 Å². The predicted molar refractivity (Wildman–Crippen MR) is 91.8 cm³/mol. The van der Waals surface area contributed by atoms with E-state index in [0.717, 1.165) is 11.8 Å². The van der Waals surface area contributed by atoms with Crippen LogP contribution in [-0.4, -0.2) is 68.8 Å². The number of thioether (sulfide) groups is 1. The summed E-state index contributed by atoms with van der Waals surface area (Å²) in [6.07, 6.45) is -3.31. The van der Waals surface area contributed by atoms with Crippen molar-refractivity contribution >= 4 is 27.2 Å². The highest BCUT2D eigenvalue weighted by atomic mass is 32.3. The van der Waals surface area contributed by atoms with E-state index in [4.69, 9.17) is 9.29 Å². The Morgan fingerprint density at radius 2 is 1.96 bits per heavy atom. The molecule has 0 saturated carbocycles. The van der Waals surface area contributed by atoms with Crippen molar-refractivity contribution in [3.05, 3.63) is 29.8 Å². The van der Waals surface area contributed by atoms with Gasteiger partial charge in [-0.25, -0.2) is 4.28 Å². The third-order valence-corrected chi connectivity index (χ3v) is 4.83. The van der Waals surface area contributed by atoms with Crippen molar-refractivity contribution in [1.29, 1.82) is 0 Å². The number of rotatable bonds is 6. The lowest BCUT2D eigenvalue weighted by Crippen LogP contribution is -2.49. The molecule has 1 heterocycles. The smallest absolute Gasteiger partial charge is 0.466 e. The van der Waals surface area contributed by atoms with E-state index in [1.165, 1.54) is 12.1 Å². The average Bonchev–Trinajstić information content (AvgIpc) is 2.57. The fourth-order valence-corrected chi connectivity index (χ4v) is 3.62. The number of hydrogen-bond donors (Lipinski definition) is 5. The van der Waals surface area contributed by atoms with Crippen molar-refractivity contribution in [3.63, 3.8) is 0 Å². The molecule has 4 atom stereocenters. The van der Waals surface area contributed by atoms with Gasteiger partial charge in [-0.15, -0.1) is 0 Å². The molecule has 3 unspecified atom stereocenters. The van der Waals surface area contributed by atoms with Crippen molar-refractivity contribution in [3.8, 4) is 5.75 Å². The summed E-state index contributed by atoms with van der Waals surface area (Å²) >= 11 is 0.913. The normalized spacial score (nSPS) is 27.3. The number of nitrogens with zero attached hydrogens (tertiary/aromatic N) is 1. The number of phenols is 1. The van der Waals surface area contributed by atoms with Crippen LogP contribution in [0.15, 0.2) is 29.4 Å². The van der Waals surface area contributed by atoms with Gasteiger partial charge in [0.05, 0.1) is 12.7 Å². The van der Waals surface area contributed by atoms with E-state index in [1.54, 1.807) is 12.1 Å². The zero-order valence-electron chi connectivity index (χ0n) is 13.4. The summed E-state index contributed by atoms with van der Waals surface area (Å²) in [6.45, 7) is -0.513. The van der Waals surface area contributed by atoms with Gasteiger partial charge in [0.1, 0.15) is 28.4 Å². The molecule has 1 aliphatic heterocycles. The maximum atomic E-state index is 10.8. The number of ether oxygens (including phenoxy) is 1. The number of aliphatic hydroxyl groups excluding tert-OH is 3. The molecular weight excluding hydrogens is 390 g/mol.